The molecule has 3 rings (SSSR count). The van der Waals surface area contributed by atoms with Crippen molar-refractivity contribution in [2.75, 3.05) is 13.1 Å². The molecule has 1 N–H and O–H groups in total. The Morgan fingerprint density at radius 2 is 2.06 bits per heavy atom. The van der Waals surface area contributed by atoms with Gasteiger partial charge in [0.15, 0.2) is 0 Å². The van der Waals surface area contributed by atoms with Gasteiger partial charge in [-0.2, -0.15) is 10.2 Å². The molecule has 3 atom stereocenters. The predicted molar refractivity (Wildman–Crippen MR) is 109 cm³/mol. The SMILES string of the molecule is CC[C@H](NC(=O)C(=O)N1CC[C@H](C(=O)Cc2ccc(F)c(Cl)c2F)[C@@H]1C)C1=CCN=N1. The third-order valence-electron chi connectivity index (χ3n) is 5.74. The summed E-state index contributed by atoms with van der Waals surface area (Å²) in [6, 6.07) is 1.25. The normalized spacial score (nSPS) is 21.2. The molecule has 1 aromatic carbocycles. The van der Waals surface area contributed by atoms with Gasteiger partial charge in [0.25, 0.3) is 0 Å². The average molecular weight is 453 g/mol. The van der Waals surface area contributed by atoms with Gasteiger partial charge in [0.05, 0.1) is 18.3 Å². The van der Waals surface area contributed by atoms with Crippen molar-refractivity contribution in [2.24, 2.45) is 16.1 Å². The number of ketones is 1. The molecule has 0 radical (unpaired) electrons. The van der Waals surface area contributed by atoms with E-state index in [4.69, 9.17) is 11.6 Å². The van der Waals surface area contributed by atoms with E-state index in [1.165, 1.54) is 11.0 Å². The van der Waals surface area contributed by atoms with Crippen molar-refractivity contribution in [2.45, 2.75) is 45.2 Å². The van der Waals surface area contributed by atoms with Crippen LogP contribution in [0.15, 0.2) is 34.1 Å². The van der Waals surface area contributed by atoms with Crippen LogP contribution in [0.5, 0.6) is 0 Å². The Morgan fingerprint density at radius 3 is 2.71 bits per heavy atom. The van der Waals surface area contributed by atoms with Gasteiger partial charge < -0.3 is 10.2 Å². The second-order valence-corrected chi connectivity index (χ2v) is 7.98. The third-order valence-corrected chi connectivity index (χ3v) is 6.09. The molecular formula is C21H23ClF2N4O3. The number of likely N-dealkylation sites (tertiary alicyclic amines) is 1. The van der Waals surface area contributed by atoms with Gasteiger partial charge in [0.2, 0.25) is 0 Å². The highest BCUT2D eigenvalue weighted by molar-refractivity contribution is 6.35. The van der Waals surface area contributed by atoms with Crippen molar-refractivity contribution in [1.29, 1.82) is 0 Å². The van der Waals surface area contributed by atoms with Crippen LogP contribution in [-0.2, 0) is 20.8 Å². The first-order valence-electron chi connectivity index (χ1n) is 10.1. The molecule has 2 aliphatic heterocycles. The van der Waals surface area contributed by atoms with Gasteiger partial charge >= 0.3 is 11.8 Å². The van der Waals surface area contributed by atoms with Crippen molar-refractivity contribution >= 4 is 29.2 Å². The van der Waals surface area contributed by atoms with Gasteiger partial charge in [-0.1, -0.05) is 24.6 Å². The van der Waals surface area contributed by atoms with Crippen LogP contribution in [0, 0.1) is 17.6 Å². The van der Waals surface area contributed by atoms with E-state index in [0.717, 1.165) is 6.07 Å². The Morgan fingerprint density at radius 1 is 1.32 bits per heavy atom. The maximum absolute atomic E-state index is 14.1. The molecule has 2 amide bonds. The standard InChI is InChI=1S/C21H23ClF2N4O3/c1-3-15(16-6-8-25-27-16)26-20(30)21(31)28-9-7-13(11(28)2)17(29)10-12-4-5-14(23)18(22)19(12)24/h4-6,11,13,15H,3,7-10H2,1-2H3,(H,26,30)/t11-,13-,15-/m0/s1. The largest absolute Gasteiger partial charge is 0.339 e. The summed E-state index contributed by atoms with van der Waals surface area (Å²) in [7, 11) is 0. The van der Waals surface area contributed by atoms with Gasteiger partial charge in [-0.25, -0.2) is 8.78 Å². The van der Waals surface area contributed by atoms with Crippen LogP contribution in [0.1, 0.15) is 32.3 Å². The number of nitrogens with zero attached hydrogens (tertiary/aromatic N) is 3. The quantitative estimate of drug-likeness (QED) is 0.530. The number of hydrogen-bond acceptors (Lipinski definition) is 5. The van der Waals surface area contributed by atoms with E-state index in [1.54, 1.807) is 13.0 Å². The minimum atomic E-state index is -0.961. The van der Waals surface area contributed by atoms with E-state index in [0.29, 0.717) is 25.1 Å². The van der Waals surface area contributed by atoms with E-state index in [1.807, 2.05) is 6.92 Å². The molecule has 0 bridgehead atoms. The van der Waals surface area contributed by atoms with Crippen LogP contribution in [0.2, 0.25) is 5.02 Å². The van der Waals surface area contributed by atoms with Gasteiger partial charge in [0, 0.05) is 24.9 Å². The van der Waals surface area contributed by atoms with Crippen molar-refractivity contribution in [3.8, 4) is 0 Å². The lowest BCUT2D eigenvalue weighted by Gasteiger charge is -2.25. The average Bonchev–Trinajstić information content (AvgIpc) is 3.41. The van der Waals surface area contributed by atoms with E-state index >= 15 is 0 Å². The fourth-order valence-corrected chi connectivity index (χ4v) is 4.11. The number of halogens is 3. The molecule has 0 saturated carbocycles. The van der Waals surface area contributed by atoms with Gasteiger partial charge in [0.1, 0.15) is 22.4 Å². The lowest BCUT2D eigenvalue weighted by molar-refractivity contribution is -0.147. The minimum Gasteiger partial charge on any atom is -0.339 e. The van der Waals surface area contributed by atoms with Crippen LogP contribution in [0.3, 0.4) is 0 Å². The lowest BCUT2D eigenvalue weighted by Crippen LogP contribution is -2.48. The number of rotatable bonds is 6. The molecule has 1 fully saturated rings. The zero-order valence-electron chi connectivity index (χ0n) is 17.2. The summed E-state index contributed by atoms with van der Waals surface area (Å²) in [5, 5.41) is 9.83. The zero-order chi connectivity index (χ0) is 22.7. The van der Waals surface area contributed by atoms with Gasteiger partial charge in [-0.05, 0) is 37.5 Å². The Hall–Kier alpha value is -2.68. The van der Waals surface area contributed by atoms with Crippen LogP contribution in [-0.4, -0.2) is 47.7 Å². The highest BCUT2D eigenvalue weighted by Crippen LogP contribution is 2.28. The molecule has 1 saturated heterocycles. The molecule has 0 aromatic heterocycles. The van der Waals surface area contributed by atoms with E-state index in [2.05, 4.69) is 15.5 Å². The lowest BCUT2D eigenvalue weighted by atomic mass is 9.92. The van der Waals surface area contributed by atoms with Gasteiger partial charge in [-0.3, -0.25) is 14.4 Å². The molecule has 0 aliphatic carbocycles. The molecule has 0 spiro atoms. The number of carbonyl (C=O) groups is 3. The van der Waals surface area contributed by atoms with Crippen LogP contribution >= 0.6 is 11.6 Å². The number of nitrogens with one attached hydrogen (secondary N) is 1. The molecule has 10 heteroatoms. The Bertz CT molecular complexity index is 966. The molecule has 1 aromatic rings. The van der Waals surface area contributed by atoms with Crippen LogP contribution in [0.4, 0.5) is 8.78 Å². The Labute approximate surface area is 183 Å². The van der Waals surface area contributed by atoms with E-state index in [-0.39, 0.29) is 24.3 Å². The highest BCUT2D eigenvalue weighted by atomic mass is 35.5. The van der Waals surface area contributed by atoms with Crippen molar-refractivity contribution < 1.29 is 23.2 Å². The van der Waals surface area contributed by atoms with E-state index in [9.17, 15) is 23.2 Å². The first kappa shape index (κ1) is 23.0. The maximum atomic E-state index is 14.1. The summed E-state index contributed by atoms with van der Waals surface area (Å²) < 4.78 is 27.5. The number of hydrogen-bond donors (Lipinski definition) is 1. The summed E-state index contributed by atoms with van der Waals surface area (Å²) in [5.74, 6) is -4.22. The van der Waals surface area contributed by atoms with E-state index < -0.39 is 46.5 Å². The summed E-state index contributed by atoms with van der Waals surface area (Å²) in [6.07, 6.45) is 2.41. The first-order chi connectivity index (χ1) is 14.7. The van der Waals surface area contributed by atoms with Crippen molar-refractivity contribution in [3.05, 3.63) is 46.1 Å². The number of amides is 2. The first-order valence-corrected chi connectivity index (χ1v) is 10.5. The topological polar surface area (TPSA) is 91.2 Å². The number of benzene rings is 1. The molecule has 31 heavy (non-hydrogen) atoms. The zero-order valence-corrected chi connectivity index (χ0v) is 18.0. The molecule has 2 aliphatic rings. The summed E-state index contributed by atoms with van der Waals surface area (Å²) in [4.78, 5) is 39.3. The van der Waals surface area contributed by atoms with Crippen molar-refractivity contribution in [1.82, 2.24) is 10.2 Å². The monoisotopic (exact) mass is 452 g/mol. The predicted octanol–water partition coefficient (Wildman–Crippen LogP) is 3.21. The molecule has 2 heterocycles. The number of carbonyl (C=O) groups excluding carboxylic acids is 3. The fraction of sp³-hybridized carbons (Fsp3) is 0.476. The van der Waals surface area contributed by atoms with Gasteiger partial charge in [-0.15, -0.1) is 0 Å². The minimum absolute atomic E-state index is 0.00379. The van der Waals surface area contributed by atoms with Crippen LogP contribution < -0.4 is 5.32 Å². The Balaban J connectivity index is 1.63. The smallest absolute Gasteiger partial charge is 0.312 e. The van der Waals surface area contributed by atoms with Crippen LogP contribution in [0.25, 0.3) is 0 Å². The molecule has 0 unspecified atom stereocenters. The summed E-state index contributed by atoms with van der Waals surface area (Å²) in [6.45, 7) is 4.22. The summed E-state index contributed by atoms with van der Waals surface area (Å²) >= 11 is 5.58. The third kappa shape index (κ3) is 4.81. The highest BCUT2D eigenvalue weighted by Gasteiger charge is 2.40. The fourth-order valence-electron chi connectivity index (χ4n) is 3.92. The molecule has 7 nitrogen and oxygen atoms in total. The summed E-state index contributed by atoms with van der Waals surface area (Å²) in [5.41, 5.74) is 0.613. The second-order valence-electron chi connectivity index (χ2n) is 7.60. The van der Waals surface area contributed by atoms with Crippen molar-refractivity contribution in [3.63, 3.8) is 0 Å². The number of Topliss-reactive ketones (excluding diaryl/α,β-unsaturated/α-hetero) is 1. The number of azo groups is 1. The Kier molecular flexibility index (Phi) is 7.15. The maximum Gasteiger partial charge on any atom is 0.312 e. The molecular weight excluding hydrogens is 430 g/mol. The molecule has 166 valence electrons. The second kappa shape index (κ2) is 9.64.